The Hall–Kier alpha value is -1.49. The summed E-state index contributed by atoms with van der Waals surface area (Å²) in [7, 11) is 0. The molecule has 1 fully saturated rings. The summed E-state index contributed by atoms with van der Waals surface area (Å²) in [5.41, 5.74) is 0.240. The van der Waals surface area contributed by atoms with E-state index in [0.717, 1.165) is 4.90 Å². The molecule has 0 aromatic heterocycles. The number of amides is 1. The third kappa shape index (κ3) is 2.61. The summed E-state index contributed by atoms with van der Waals surface area (Å²) in [4.78, 5) is 24.2. The van der Waals surface area contributed by atoms with Crippen LogP contribution >= 0.6 is 11.8 Å². The van der Waals surface area contributed by atoms with Gasteiger partial charge in [0, 0.05) is 10.6 Å². The monoisotopic (exact) mass is 279 g/mol. The quantitative estimate of drug-likeness (QED) is 0.832. The van der Waals surface area contributed by atoms with E-state index in [0.29, 0.717) is 5.69 Å². The number of aliphatic carboxylic acids is 1. The number of anilines is 1. The minimum Gasteiger partial charge on any atom is -0.481 e. The highest BCUT2D eigenvalue weighted by Crippen LogP contribution is 2.58. The van der Waals surface area contributed by atoms with Crippen LogP contribution in [0.25, 0.3) is 0 Å². The first-order chi connectivity index (χ1) is 8.87. The minimum atomic E-state index is -0.900. The molecule has 1 aliphatic carbocycles. The lowest BCUT2D eigenvalue weighted by molar-refractivity contribution is -0.140. The van der Waals surface area contributed by atoms with E-state index >= 15 is 0 Å². The molecule has 5 heteroatoms. The van der Waals surface area contributed by atoms with Crippen molar-refractivity contribution >= 4 is 29.3 Å². The van der Waals surface area contributed by atoms with Crippen LogP contribution in [0.1, 0.15) is 13.8 Å². The lowest BCUT2D eigenvalue weighted by atomic mass is 10.1. The highest BCUT2D eigenvalue weighted by molar-refractivity contribution is 7.98. The number of carboxylic acids is 1. The van der Waals surface area contributed by atoms with Crippen molar-refractivity contribution < 1.29 is 14.7 Å². The molecule has 102 valence electrons. The SMILES string of the molecule is CSc1ccc(NC(=O)C2C(C(=O)O)C2(C)C)cc1. The summed E-state index contributed by atoms with van der Waals surface area (Å²) in [6.07, 6.45) is 1.98. The van der Waals surface area contributed by atoms with E-state index in [1.807, 2.05) is 44.4 Å². The highest BCUT2D eigenvalue weighted by atomic mass is 32.2. The Morgan fingerprint density at radius 3 is 2.21 bits per heavy atom. The average Bonchev–Trinajstić information content (AvgIpc) is 2.93. The maximum Gasteiger partial charge on any atom is 0.307 e. The Balaban J connectivity index is 2.04. The summed E-state index contributed by atoms with van der Waals surface area (Å²) in [5, 5.41) is 11.8. The van der Waals surface area contributed by atoms with Gasteiger partial charge in [-0.05, 0) is 35.9 Å². The van der Waals surface area contributed by atoms with Gasteiger partial charge in [-0.15, -0.1) is 11.8 Å². The minimum absolute atomic E-state index is 0.214. The third-order valence-corrected chi connectivity index (χ3v) is 4.48. The van der Waals surface area contributed by atoms with Gasteiger partial charge in [0.15, 0.2) is 0 Å². The van der Waals surface area contributed by atoms with Gasteiger partial charge in [0.25, 0.3) is 0 Å². The molecule has 19 heavy (non-hydrogen) atoms. The number of carbonyl (C=O) groups is 2. The van der Waals surface area contributed by atoms with Gasteiger partial charge in [0.2, 0.25) is 5.91 Å². The third-order valence-electron chi connectivity index (χ3n) is 3.73. The number of hydrogen-bond acceptors (Lipinski definition) is 3. The first-order valence-electron chi connectivity index (χ1n) is 6.05. The molecule has 1 aromatic carbocycles. The van der Waals surface area contributed by atoms with E-state index in [4.69, 9.17) is 5.11 Å². The number of nitrogens with one attached hydrogen (secondary N) is 1. The van der Waals surface area contributed by atoms with Crippen molar-refractivity contribution in [2.45, 2.75) is 18.7 Å². The van der Waals surface area contributed by atoms with Crippen molar-refractivity contribution in [3.05, 3.63) is 24.3 Å². The van der Waals surface area contributed by atoms with Gasteiger partial charge < -0.3 is 10.4 Å². The van der Waals surface area contributed by atoms with Crippen molar-refractivity contribution in [2.75, 3.05) is 11.6 Å². The first kappa shape index (κ1) is 13.9. The van der Waals surface area contributed by atoms with Crippen LogP contribution in [0.15, 0.2) is 29.2 Å². The Bertz CT molecular complexity index is 510. The molecule has 0 heterocycles. The molecule has 2 atom stereocenters. The van der Waals surface area contributed by atoms with Crippen LogP contribution in [0.3, 0.4) is 0 Å². The molecule has 2 rings (SSSR count). The summed E-state index contributed by atoms with van der Waals surface area (Å²) in [6.45, 7) is 3.62. The molecule has 0 radical (unpaired) electrons. The van der Waals surface area contributed by atoms with Crippen molar-refractivity contribution in [3.8, 4) is 0 Å². The fourth-order valence-electron chi connectivity index (χ4n) is 2.48. The largest absolute Gasteiger partial charge is 0.481 e. The number of benzene rings is 1. The number of carboxylic acid groups (broad SMARTS) is 1. The molecule has 1 aliphatic rings. The molecule has 1 saturated carbocycles. The smallest absolute Gasteiger partial charge is 0.307 e. The standard InChI is InChI=1S/C14H17NO3S/c1-14(2)10(11(14)13(17)18)12(16)15-8-4-6-9(19-3)7-5-8/h4-7,10-11H,1-3H3,(H,15,16)(H,17,18). The summed E-state index contributed by atoms with van der Waals surface area (Å²) in [5.74, 6) is -2.15. The molecule has 1 amide bonds. The van der Waals surface area contributed by atoms with Crippen LogP contribution in [-0.2, 0) is 9.59 Å². The van der Waals surface area contributed by atoms with Gasteiger partial charge in [-0.1, -0.05) is 13.8 Å². The molecule has 2 N–H and O–H groups in total. The second-order valence-corrected chi connectivity index (χ2v) is 6.21. The zero-order valence-corrected chi connectivity index (χ0v) is 12.0. The van der Waals surface area contributed by atoms with Crippen LogP contribution in [0.2, 0.25) is 0 Å². The van der Waals surface area contributed by atoms with Gasteiger partial charge in [-0.3, -0.25) is 9.59 Å². The Labute approximate surface area is 116 Å². The fourth-order valence-corrected chi connectivity index (χ4v) is 2.89. The first-order valence-corrected chi connectivity index (χ1v) is 7.28. The molecule has 1 aromatic rings. The van der Waals surface area contributed by atoms with Gasteiger partial charge in [0.1, 0.15) is 0 Å². The molecule has 2 unspecified atom stereocenters. The zero-order chi connectivity index (χ0) is 14.2. The predicted octanol–water partition coefficient (Wildman–Crippen LogP) is 2.70. The van der Waals surface area contributed by atoms with Crippen LogP contribution in [0.4, 0.5) is 5.69 Å². The molecule has 0 bridgehead atoms. The van der Waals surface area contributed by atoms with Crippen LogP contribution in [0.5, 0.6) is 0 Å². The van der Waals surface area contributed by atoms with E-state index in [9.17, 15) is 9.59 Å². The molecule has 0 aliphatic heterocycles. The summed E-state index contributed by atoms with van der Waals surface area (Å²) >= 11 is 1.63. The predicted molar refractivity (Wildman–Crippen MR) is 75.2 cm³/mol. The van der Waals surface area contributed by atoms with Gasteiger partial charge in [-0.2, -0.15) is 0 Å². The van der Waals surface area contributed by atoms with Crippen LogP contribution < -0.4 is 5.32 Å². The van der Waals surface area contributed by atoms with Crippen LogP contribution in [-0.4, -0.2) is 23.2 Å². The molecular formula is C14H17NO3S. The van der Waals surface area contributed by atoms with Crippen molar-refractivity contribution in [1.29, 1.82) is 0 Å². The number of carbonyl (C=O) groups excluding carboxylic acids is 1. The van der Waals surface area contributed by atoms with Crippen LogP contribution in [0, 0.1) is 17.3 Å². The second-order valence-electron chi connectivity index (χ2n) is 5.33. The van der Waals surface area contributed by atoms with Gasteiger partial charge in [-0.25, -0.2) is 0 Å². The average molecular weight is 279 g/mol. The van der Waals surface area contributed by atoms with Crippen molar-refractivity contribution in [3.63, 3.8) is 0 Å². The van der Waals surface area contributed by atoms with E-state index in [1.165, 1.54) is 0 Å². The highest BCUT2D eigenvalue weighted by Gasteiger charge is 2.65. The lowest BCUT2D eigenvalue weighted by Crippen LogP contribution is -2.17. The van der Waals surface area contributed by atoms with Crippen molar-refractivity contribution in [2.24, 2.45) is 17.3 Å². The fraction of sp³-hybridized carbons (Fsp3) is 0.429. The Morgan fingerprint density at radius 2 is 1.79 bits per heavy atom. The van der Waals surface area contributed by atoms with Gasteiger partial charge in [0.05, 0.1) is 11.8 Å². The number of hydrogen-bond donors (Lipinski definition) is 2. The summed E-state index contributed by atoms with van der Waals surface area (Å²) in [6, 6.07) is 7.50. The van der Waals surface area contributed by atoms with E-state index in [-0.39, 0.29) is 5.91 Å². The Kier molecular flexibility index (Phi) is 3.58. The number of rotatable bonds is 4. The van der Waals surface area contributed by atoms with E-state index in [1.54, 1.807) is 11.8 Å². The van der Waals surface area contributed by atoms with Gasteiger partial charge >= 0.3 is 5.97 Å². The topological polar surface area (TPSA) is 66.4 Å². The van der Waals surface area contributed by atoms with E-state index in [2.05, 4.69) is 5.32 Å². The van der Waals surface area contributed by atoms with E-state index < -0.39 is 23.2 Å². The number of thioether (sulfide) groups is 1. The maximum atomic E-state index is 12.1. The molecule has 0 saturated heterocycles. The zero-order valence-electron chi connectivity index (χ0n) is 11.1. The maximum absolute atomic E-state index is 12.1. The normalized spacial score (nSPS) is 23.7. The lowest BCUT2D eigenvalue weighted by Gasteiger charge is -2.06. The second kappa shape index (κ2) is 4.89. The summed E-state index contributed by atoms with van der Waals surface area (Å²) < 4.78 is 0. The molecule has 0 spiro atoms. The molecular weight excluding hydrogens is 262 g/mol. The molecule has 4 nitrogen and oxygen atoms in total. The van der Waals surface area contributed by atoms with Crippen molar-refractivity contribution in [1.82, 2.24) is 0 Å². The Morgan fingerprint density at radius 1 is 1.21 bits per heavy atom.